The van der Waals surface area contributed by atoms with Crippen LogP contribution in [0.4, 0.5) is 10.6 Å². The number of alkyl carbamates (subject to hydrolysis) is 1. The van der Waals surface area contributed by atoms with Gasteiger partial charge in [0.1, 0.15) is 41.3 Å². The van der Waals surface area contributed by atoms with Crippen LogP contribution in [0.2, 0.25) is 0 Å². The van der Waals surface area contributed by atoms with Crippen LogP contribution >= 0.6 is 0 Å². The van der Waals surface area contributed by atoms with Gasteiger partial charge in [-0.25, -0.2) is 19.7 Å². The predicted molar refractivity (Wildman–Crippen MR) is 116 cm³/mol. The molecule has 14 nitrogen and oxygen atoms in total. The lowest BCUT2D eigenvalue weighted by atomic mass is 9.95. The first-order chi connectivity index (χ1) is 16.0. The summed E-state index contributed by atoms with van der Waals surface area (Å²) in [5.74, 6) is -0.297. The quantitative estimate of drug-likeness (QED) is 0.261. The summed E-state index contributed by atoms with van der Waals surface area (Å²) in [7, 11) is 0. The fourth-order valence-corrected chi connectivity index (χ4v) is 3.75. The fourth-order valence-electron chi connectivity index (χ4n) is 3.75. The molecule has 0 aromatic carbocycles. The highest BCUT2D eigenvalue weighted by Crippen LogP contribution is 2.36. The SMILES string of the molecule is CC(C)(C)OC(=O)NC1(C(=O)N[C@@H]2[C@@H](O)[C@H](O)[C@@H](Nc3ncnc4nc[nH]c34)O[C@H]2CO)CC1. The monoisotopic (exact) mass is 479 g/mol. The van der Waals surface area contributed by atoms with Crippen molar-refractivity contribution in [2.75, 3.05) is 11.9 Å². The number of anilines is 1. The number of aliphatic hydroxyl groups is 3. The van der Waals surface area contributed by atoms with Crippen LogP contribution in [-0.2, 0) is 14.3 Å². The van der Waals surface area contributed by atoms with Gasteiger partial charge in [-0.1, -0.05) is 0 Å². The van der Waals surface area contributed by atoms with Gasteiger partial charge >= 0.3 is 6.09 Å². The van der Waals surface area contributed by atoms with Crippen molar-refractivity contribution in [3.8, 4) is 0 Å². The average Bonchev–Trinajstić information content (AvgIpc) is 3.37. The number of ether oxygens (including phenoxy) is 2. The van der Waals surface area contributed by atoms with Gasteiger partial charge < -0.3 is 45.7 Å². The van der Waals surface area contributed by atoms with Gasteiger partial charge in [0.2, 0.25) is 5.91 Å². The number of nitrogens with zero attached hydrogens (tertiary/aromatic N) is 3. The average molecular weight is 479 g/mol. The fraction of sp³-hybridized carbons (Fsp3) is 0.650. The Kier molecular flexibility index (Phi) is 6.33. The van der Waals surface area contributed by atoms with Crippen LogP contribution in [0, 0.1) is 0 Å². The molecule has 0 bridgehead atoms. The zero-order valence-corrected chi connectivity index (χ0v) is 19.0. The third-order valence-corrected chi connectivity index (χ3v) is 5.65. The first kappa shape index (κ1) is 24.1. The number of aromatic amines is 1. The van der Waals surface area contributed by atoms with Crippen LogP contribution in [0.1, 0.15) is 33.6 Å². The van der Waals surface area contributed by atoms with Gasteiger partial charge in [0.25, 0.3) is 0 Å². The zero-order chi connectivity index (χ0) is 24.7. The first-order valence-electron chi connectivity index (χ1n) is 10.9. The highest BCUT2D eigenvalue weighted by atomic mass is 16.6. The molecule has 1 aliphatic carbocycles. The van der Waals surface area contributed by atoms with Crippen molar-refractivity contribution in [1.29, 1.82) is 0 Å². The number of aromatic nitrogens is 4. The van der Waals surface area contributed by atoms with Gasteiger partial charge in [-0.15, -0.1) is 0 Å². The third kappa shape index (κ3) is 4.89. The second kappa shape index (κ2) is 8.94. The van der Waals surface area contributed by atoms with E-state index in [1.54, 1.807) is 20.8 Å². The third-order valence-electron chi connectivity index (χ3n) is 5.65. The van der Waals surface area contributed by atoms with Crippen molar-refractivity contribution in [1.82, 2.24) is 30.6 Å². The maximum atomic E-state index is 12.9. The minimum absolute atomic E-state index is 0.274. The largest absolute Gasteiger partial charge is 0.444 e. The van der Waals surface area contributed by atoms with E-state index < -0.39 is 60.3 Å². The van der Waals surface area contributed by atoms with Crippen molar-refractivity contribution in [2.45, 2.75) is 75.3 Å². The molecular formula is C20H29N7O7. The molecule has 2 aromatic heterocycles. The number of carbonyl (C=O) groups is 2. The molecule has 186 valence electrons. The molecule has 0 spiro atoms. The normalized spacial score (nSPS) is 28.2. The molecule has 1 aliphatic heterocycles. The molecule has 3 heterocycles. The molecule has 1 saturated carbocycles. The second-order valence-electron chi connectivity index (χ2n) is 9.43. The number of rotatable bonds is 6. The summed E-state index contributed by atoms with van der Waals surface area (Å²) in [5.41, 5.74) is -1.06. The van der Waals surface area contributed by atoms with Crippen molar-refractivity contribution < 1.29 is 34.4 Å². The van der Waals surface area contributed by atoms with Crippen molar-refractivity contribution in [2.24, 2.45) is 0 Å². The van der Waals surface area contributed by atoms with Crippen LogP contribution < -0.4 is 16.0 Å². The highest BCUT2D eigenvalue weighted by Gasteiger charge is 2.54. The topological polar surface area (TPSA) is 204 Å². The number of aliphatic hydroxyl groups excluding tert-OH is 3. The molecular weight excluding hydrogens is 450 g/mol. The number of hydrogen-bond acceptors (Lipinski definition) is 11. The Balaban J connectivity index is 1.43. The Morgan fingerprint density at radius 3 is 2.62 bits per heavy atom. The van der Waals surface area contributed by atoms with Gasteiger partial charge in [-0.2, -0.15) is 0 Å². The number of imidazole rings is 1. The maximum Gasteiger partial charge on any atom is 0.408 e. The minimum atomic E-state index is -1.50. The van der Waals surface area contributed by atoms with Gasteiger partial charge in [0.15, 0.2) is 17.7 Å². The summed E-state index contributed by atoms with van der Waals surface area (Å²) in [6.45, 7) is 4.57. The minimum Gasteiger partial charge on any atom is -0.444 e. The van der Waals surface area contributed by atoms with E-state index in [0.717, 1.165) is 0 Å². The number of carbonyl (C=O) groups excluding carboxylic acids is 2. The Morgan fingerprint density at radius 2 is 1.97 bits per heavy atom. The zero-order valence-electron chi connectivity index (χ0n) is 19.0. The Bertz CT molecular complexity index is 1050. The summed E-state index contributed by atoms with van der Waals surface area (Å²) in [5, 5.41) is 39.4. The molecule has 1 saturated heterocycles. The summed E-state index contributed by atoms with van der Waals surface area (Å²) in [6.07, 6.45) is -2.47. The molecule has 2 amide bonds. The molecule has 0 radical (unpaired) electrons. The van der Waals surface area contributed by atoms with Crippen LogP contribution in [0.15, 0.2) is 12.7 Å². The van der Waals surface area contributed by atoms with E-state index in [-0.39, 0.29) is 5.82 Å². The van der Waals surface area contributed by atoms with Gasteiger partial charge in [-0.05, 0) is 33.6 Å². The van der Waals surface area contributed by atoms with E-state index in [1.807, 2.05) is 0 Å². The lowest BCUT2D eigenvalue weighted by molar-refractivity contribution is -0.185. The summed E-state index contributed by atoms with van der Waals surface area (Å²) in [4.78, 5) is 40.1. The van der Waals surface area contributed by atoms with E-state index in [9.17, 15) is 24.9 Å². The second-order valence-corrected chi connectivity index (χ2v) is 9.43. The molecule has 0 unspecified atom stereocenters. The van der Waals surface area contributed by atoms with E-state index in [0.29, 0.717) is 24.0 Å². The number of amides is 2. The molecule has 2 fully saturated rings. The van der Waals surface area contributed by atoms with E-state index in [2.05, 4.69) is 35.9 Å². The molecule has 5 atom stereocenters. The van der Waals surface area contributed by atoms with Crippen LogP contribution in [0.5, 0.6) is 0 Å². The number of nitrogens with one attached hydrogen (secondary N) is 4. The molecule has 14 heteroatoms. The van der Waals surface area contributed by atoms with Crippen molar-refractivity contribution in [3.05, 3.63) is 12.7 Å². The Hall–Kier alpha value is -3.07. The Morgan fingerprint density at radius 1 is 1.24 bits per heavy atom. The maximum absolute atomic E-state index is 12.9. The number of H-pyrrole nitrogens is 1. The molecule has 4 rings (SSSR count). The molecule has 7 N–H and O–H groups in total. The number of fused-ring (bicyclic) bond motifs is 1. The lowest BCUT2D eigenvalue weighted by Gasteiger charge is -2.43. The summed E-state index contributed by atoms with van der Waals surface area (Å²) in [6, 6.07) is -1.14. The van der Waals surface area contributed by atoms with E-state index in [1.165, 1.54) is 12.7 Å². The highest BCUT2D eigenvalue weighted by molar-refractivity contribution is 5.93. The van der Waals surface area contributed by atoms with Gasteiger partial charge in [-0.3, -0.25) is 4.79 Å². The van der Waals surface area contributed by atoms with Gasteiger partial charge in [0.05, 0.1) is 19.0 Å². The standard InChI is InChI=1S/C20H29N7O7/c1-19(2,3)34-18(32)27-20(4-5-20)17(31)25-10-9(6-28)33-16(13(30)12(10)29)26-15-11-14(22-7-21-11)23-8-24-15/h7-10,12-13,16,28-30H,4-6H2,1-3H3,(H,25,31)(H,27,32)(H2,21,22,23,24,26)/t9-,10-,12+,13-,16-/m0/s1. The van der Waals surface area contributed by atoms with E-state index >= 15 is 0 Å². The van der Waals surface area contributed by atoms with Crippen LogP contribution in [-0.4, -0.2) is 95.6 Å². The predicted octanol–water partition coefficient (Wildman–Crippen LogP) is -1.25. The summed E-state index contributed by atoms with van der Waals surface area (Å²) >= 11 is 0. The van der Waals surface area contributed by atoms with E-state index in [4.69, 9.17) is 9.47 Å². The lowest BCUT2D eigenvalue weighted by Crippen LogP contribution is -2.67. The molecule has 2 aromatic rings. The molecule has 2 aliphatic rings. The van der Waals surface area contributed by atoms with Gasteiger partial charge in [0, 0.05) is 0 Å². The summed E-state index contributed by atoms with van der Waals surface area (Å²) < 4.78 is 11.0. The number of hydrogen-bond donors (Lipinski definition) is 7. The van der Waals surface area contributed by atoms with Crippen LogP contribution in [0.25, 0.3) is 11.2 Å². The Labute approximate surface area is 194 Å². The van der Waals surface area contributed by atoms with Crippen molar-refractivity contribution >= 4 is 29.0 Å². The smallest absolute Gasteiger partial charge is 0.408 e. The molecule has 34 heavy (non-hydrogen) atoms. The first-order valence-corrected chi connectivity index (χ1v) is 10.9. The van der Waals surface area contributed by atoms with Crippen molar-refractivity contribution in [3.63, 3.8) is 0 Å². The van der Waals surface area contributed by atoms with Crippen LogP contribution in [0.3, 0.4) is 0 Å².